The number of unbranched alkanes of at least 4 members (excludes halogenated alkanes) is 1. The molecule has 4 aromatic rings. The zero-order valence-electron chi connectivity index (χ0n) is 19.6. The predicted molar refractivity (Wildman–Crippen MR) is 141 cm³/mol. The number of rotatable bonds is 10. The van der Waals surface area contributed by atoms with Gasteiger partial charge in [0.05, 0.1) is 22.8 Å². The van der Waals surface area contributed by atoms with E-state index in [-0.39, 0.29) is 10.8 Å². The van der Waals surface area contributed by atoms with Crippen molar-refractivity contribution >= 4 is 23.4 Å². The topological polar surface area (TPSA) is 62.1 Å². The van der Waals surface area contributed by atoms with E-state index in [4.69, 9.17) is 4.74 Å². The Bertz CT molecular complexity index is 1350. The van der Waals surface area contributed by atoms with Crippen molar-refractivity contribution in [1.29, 1.82) is 5.26 Å². The number of benzene rings is 4. The summed E-state index contributed by atoms with van der Waals surface area (Å²) in [5.41, 5.74) is 2.54. The smallest absolute Gasteiger partial charge is 0.255 e. The molecule has 6 heteroatoms. The molecule has 0 atom stereocenters. The summed E-state index contributed by atoms with van der Waals surface area (Å²) in [6.45, 7) is 0.604. The molecule has 0 aliphatic heterocycles. The Hall–Kier alpha value is -4.08. The molecule has 0 radical (unpaired) electrons. The lowest BCUT2D eigenvalue weighted by Gasteiger charge is -2.13. The van der Waals surface area contributed by atoms with Gasteiger partial charge in [-0.15, -0.1) is 0 Å². The summed E-state index contributed by atoms with van der Waals surface area (Å²) in [6, 6.07) is 30.9. The SMILES string of the molecule is N#Cc1ccccc1Sc1c(F)cccc1NC(=O)c1ccc(OCCCCc2ccccc2)cc1. The van der Waals surface area contributed by atoms with Crippen LogP contribution in [-0.2, 0) is 6.42 Å². The minimum Gasteiger partial charge on any atom is -0.494 e. The van der Waals surface area contributed by atoms with Crippen molar-refractivity contribution < 1.29 is 13.9 Å². The van der Waals surface area contributed by atoms with Gasteiger partial charge in [0.1, 0.15) is 17.6 Å². The van der Waals surface area contributed by atoms with Gasteiger partial charge in [0.2, 0.25) is 0 Å². The highest BCUT2D eigenvalue weighted by Crippen LogP contribution is 2.37. The van der Waals surface area contributed by atoms with E-state index in [1.54, 1.807) is 60.7 Å². The van der Waals surface area contributed by atoms with E-state index in [2.05, 4.69) is 23.5 Å². The molecule has 0 fully saturated rings. The second-order valence-electron chi connectivity index (χ2n) is 8.10. The Kier molecular flexibility index (Phi) is 8.74. The van der Waals surface area contributed by atoms with Gasteiger partial charge in [-0.05, 0) is 73.4 Å². The van der Waals surface area contributed by atoms with Gasteiger partial charge in [-0.25, -0.2) is 4.39 Å². The van der Waals surface area contributed by atoms with Crippen molar-refractivity contribution in [2.24, 2.45) is 0 Å². The number of hydrogen-bond acceptors (Lipinski definition) is 4. The molecule has 1 amide bonds. The summed E-state index contributed by atoms with van der Waals surface area (Å²) in [5.74, 6) is -0.131. The molecule has 4 rings (SSSR count). The standard InChI is InChI=1S/C30H25FN2O2S/c31-26-13-8-14-27(29(26)36-28-15-5-4-12-24(28)21-32)33-30(34)23-16-18-25(19-17-23)35-20-7-6-11-22-9-2-1-3-10-22/h1-5,8-10,12-19H,6-7,11,20H2,(H,33,34). The highest BCUT2D eigenvalue weighted by molar-refractivity contribution is 7.99. The number of hydrogen-bond donors (Lipinski definition) is 1. The number of aryl methyl sites for hydroxylation is 1. The second-order valence-corrected chi connectivity index (χ2v) is 9.15. The van der Waals surface area contributed by atoms with E-state index >= 15 is 0 Å². The summed E-state index contributed by atoms with van der Waals surface area (Å²) >= 11 is 1.11. The lowest BCUT2D eigenvalue weighted by atomic mass is 10.1. The van der Waals surface area contributed by atoms with Crippen LogP contribution in [0.15, 0.2) is 107 Å². The van der Waals surface area contributed by atoms with Crippen LogP contribution in [0.2, 0.25) is 0 Å². The number of halogens is 1. The number of carbonyl (C=O) groups is 1. The lowest BCUT2D eigenvalue weighted by molar-refractivity contribution is 0.102. The maximum atomic E-state index is 14.7. The van der Waals surface area contributed by atoms with E-state index in [0.717, 1.165) is 31.0 Å². The predicted octanol–water partition coefficient (Wildman–Crippen LogP) is 7.50. The normalized spacial score (nSPS) is 10.4. The maximum absolute atomic E-state index is 14.7. The zero-order chi connectivity index (χ0) is 25.2. The molecule has 4 nitrogen and oxygen atoms in total. The van der Waals surface area contributed by atoms with Crippen molar-refractivity contribution in [2.75, 3.05) is 11.9 Å². The quantitative estimate of drug-likeness (QED) is 0.231. The molecular formula is C30H25FN2O2S. The first kappa shape index (κ1) is 25.0. The molecule has 0 unspecified atom stereocenters. The van der Waals surface area contributed by atoms with Gasteiger partial charge in [-0.3, -0.25) is 4.79 Å². The molecule has 36 heavy (non-hydrogen) atoms. The third-order valence-electron chi connectivity index (χ3n) is 5.52. The Balaban J connectivity index is 1.34. The van der Waals surface area contributed by atoms with Crippen molar-refractivity contribution in [1.82, 2.24) is 0 Å². The number of carbonyl (C=O) groups excluding carboxylic acids is 1. The van der Waals surface area contributed by atoms with Crippen molar-refractivity contribution in [3.63, 3.8) is 0 Å². The Morgan fingerprint density at radius 3 is 2.42 bits per heavy atom. The summed E-state index contributed by atoms with van der Waals surface area (Å²) in [5, 5.41) is 12.1. The Morgan fingerprint density at radius 1 is 0.889 bits per heavy atom. The fourth-order valence-corrected chi connectivity index (χ4v) is 4.62. The van der Waals surface area contributed by atoms with Gasteiger partial charge in [0.15, 0.2) is 0 Å². The average Bonchev–Trinajstić information content (AvgIpc) is 2.91. The summed E-state index contributed by atoms with van der Waals surface area (Å²) in [4.78, 5) is 13.7. The number of amides is 1. The molecule has 180 valence electrons. The number of nitrogens with one attached hydrogen (secondary N) is 1. The van der Waals surface area contributed by atoms with Gasteiger partial charge < -0.3 is 10.1 Å². The van der Waals surface area contributed by atoms with E-state index < -0.39 is 5.82 Å². The molecule has 0 aromatic heterocycles. The van der Waals surface area contributed by atoms with Crippen LogP contribution in [0.25, 0.3) is 0 Å². The van der Waals surface area contributed by atoms with Crippen LogP contribution in [-0.4, -0.2) is 12.5 Å². The molecule has 0 heterocycles. The minimum absolute atomic E-state index is 0.254. The molecule has 0 spiro atoms. The Labute approximate surface area is 214 Å². The van der Waals surface area contributed by atoms with E-state index in [0.29, 0.717) is 34.1 Å². The largest absolute Gasteiger partial charge is 0.494 e. The van der Waals surface area contributed by atoms with Crippen LogP contribution in [0.3, 0.4) is 0 Å². The third-order valence-corrected chi connectivity index (χ3v) is 6.72. The molecule has 0 saturated heterocycles. The molecule has 0 aliphatic rings. The monoisotopic (exact) mass is 496 g/mol. The van der Waals surface area contributed by atoms with Crippen LogP contribution in [0.1, 0.15) is 34.3 Å². The van der Waals surface area contributed by atoms with E-state index in [1.165, 1.54) is 11.6 Å². The third kappa shape index (κ3) is 6.74. The Morgan fingerprint density at radius 2 is 1.64 bits per heavy atom. The van der Waals surface area contributed by atoms with E-state index in [9.17, 15) is 14.4 Å². The van der Waals surface area contributed by atoms with Crippen molar-refractivity contribution in [3.8, 4) is 11.8 Å². The maximum Gasteiger partial charge on any atom is 0.255 e. The number of ether oxygens (including phenoxy) is 1. The minimum atomic E-state index is -0.471. The van der Waals surface area contributed by atoms with Crippen LogP contribution >= 0.6 is 11.8 Å². The highest BCUT2D eigenvalue weighted by Gasteiger charge is 2.15. The number of nitrogens with zero attached hydrogens (tertiary/aromatic N) is 1. The van der Waals surface area contributed by atoms with Gasteiger partial charge in [-0.2, -0.15) is 5.26 Å². The summed E-state index contributed by atoms with van der Waals surface area (Å²) in [7, 11) is 0. The van der Waals surface area contributed by atoms with Crippen LogP contribution < -0.4 is 10.1 Å². The van der Waals surface area contributed by atoms with Gasteiger partial charge in [-0.1, -0.05) is 60.3 Å². The fourth-order valence-electron chi connectivity index (χ4n) is 3.63. The van der Waals surface area contributed by atoms with Gasteiger partial charge in [0.25, 0.3) is 5.91 Å². The molecule has 0 bridgehead atoms. The summed E-state index contributed by atoms with van der Waals surface area (Å²) in [6.07, 6.45) is 3.00. The zero-order valence-corrected chi connectivity index (χ0v) is 20.4. The molecule has 0 saturated carbocycles. The average molecular weight is 497 g/mol. The molecule has 1 N–H and O–H groups in total. The van der Waals surface area contributed by atoms with E-state index in [1.807, 2.05) is 18.2 Å². The van der Waals surface area contributed by atoms with Crippen molar-refractivity contribution in [3.05, 3.63) is 120 Å². The highest BCUT2D eigenvalue weighted by atomic mass is 32.2. The number of nitriles is 1. The van der Waals surface area contributed by atoms with Gasteiger partial charge >= 0.3 is 0 Å². The van der Waals surface area contributed by atoms with Crippen LogP contribution in [0.5, 0.6) is 5.75 Å². The molecule has 0 aliphatic carbocycles. The lowest BCUT2D eigenvalue weighted by Crippen LogP contribution is -2.13. The van der Waals surface area contributed by atoms with Crippen molar-refractivity contribution in [2.45, 2.75) is 29.1 Å². The first-order valence-electron chi connectivity index (χ1n) is 11.7. The molecular weight excluding hydrogens is 471 g/mol. The first-order valence-corrected chi connectivity index (χ1v) is 12.5. The molecule has 4 aromatic carbocycles. The number of anilines is 1. The second kappa shape index (κ2) is 12.6. The van der Waals surface area contributed by atoms with Crippen LogP contribution in [0.4, 0.5) is 10.1 Å². The van der Waals surface area contributed by atoms with Crippen LogP contribution in [0, 0.1) is 17.1 Å². The fraction of sp³-hybridized carbons (Fsp3) is 0.133. The van der Waals surface area contributed by atoms with Gasteiger partial charge in [0, 0.05) is 10.5 Å². The summed E-state index contributed by atoms with van der Waals surface area (Å²) < 4.78 is 20.5. The first-order chi connectivity index (χ1) is 17.6.